The molecule has 0 spiro atoms. The van der Waals surface area contributed by atoms with E-state index in [-0.39, 0.29) is 25.3 Å². The number of carbonyl (C=O) groups is 2. The van der Waals surface area contributed by atoms with Gasteiger partial charge in [-0.1, -0.05) is 23.7 Å². The van der Waals surface area contributed by atoms with Gasteiger partial charge in [0.1, 0.15) is 5.54 Å². The topological polar surface area (TPSA) is 81.4 Å². The molecule has 1 aromatic rings. The number of halogens is 1. The quantitative estimate of drug-likeness (QED) is 0.875. The number of nitrogens with zero attached hydrogens (tertiary/aromatic N) is 2. The molecule has 0 saturated carbocycles. The van der Waals surface area contributed by atoms with E-state index < -0.39 is 11.5 Å². The Bertz CT molecular complexity index is 561. The molecule has 1 rings (SSSR count). The van der Waals surface area contributed by atoms with Crippen LogP contribution < -0.4 is 0 Å². The summed E-state index contributed by atoms with van der Waals surface area (Å²) in [5, 5.41) is 18.5. The summed E-state index contributed by atoms with van der Waals surface area (Å²) in [5.74, 6) is -1.44. The van der Waals surface area contributed by atoms with E-state index in [4.69, 9.17) is 16.9 Å². The van der Waals surface area contributed by atoms with Crippen LogP contribution in [0.3, 0.4) is 0 Å². The minimum absolute atomic E-state index is 0.0688. The zero-order valence-electron chi connectivity index (χ0n) is 12.0. The van der Waals surface area contributed by atoms with Gasteiger partial charge in [-0.25, -0.2) is 4.79 Å². The van der Waals surface area contributed by atoms with Gasteiger partial charge in [-0.2, -0.15) is 5.26 Å². The minimum Gasteiger partial charge on any atom is -0.480 e. The molecule has 0 fully saturated rings. The van der Waals surface area contributed by atoms with Gasteiger partial charge < -0.3 is 10.0 Å². The van der Waals surface area contributed by atoms with Gasteiger partial charge >= 0.3 is 5.97 Å². The second-order valence-electron chi connectivity index (χ2n) is 5.12. The fourth-order valence-electron chi connectivity index (χ4n) is 1.87. The van der Waals surface area contributed by atoms with Crippen molar-refractivity contribution in [3.63, 3.8) is 0 Å². The van der Waals surface area contributed by atoms with Crippen LogP contribution in [0.25, 0.3) is 0 Å². The number of hydrogen-bond acceptors (Lipinski definition) is 3. The smallest absolute Gasteiger partial charge is 0.329 e. The Morgan fingerprint density at radius 1 is 1.33 bits per heavy atom. The van der Waals surface area contributed by atoms with Crippen LogP contribution in [0.2, 0.25) is 5.02 Å². The Kier molecular flexibility index (Phi) is 5.74. The fourth-order valence-corrected chi connectivity index (χ4v) is 1.99. The zero-order chi connectivity index (χ0) is 16.0. The lowest BCUT2D eigenvalue weighted by molar-refractivity contribution is -0.156. The first-order valence-electron chi connectivity index (χ1n) is 6.44. The molecule has 0 aliphatic rings. The second-order valence-corrected chi connectivity index (χ2v) is 5.56. The molecule has 0 bridgehead atoms. The molecule has 112 valence electrons. The minimum atomic E-state index is -1.36. The van der Waals surface area contributed by atoms with Crippen molar-refractivity contribution in [2.24, 2.45) is 0 Å². The SMILES string of the molecule is CC(C)(C(=O)O)N(CCC#N)C(=O)Cc1ccc(Cl)cc1. The van der Waals surface area contributed by atoms with Crippen LogP contribution in [-0.4, -0.2) is 34.0 Å². The van der Waals surface area contributed by atoms with Gasteiger partial charge in [0.05, 0.1) is 18.9 Å². The largest absolute Gasteiger partial charge is 0.480 e. The Hall–Kier alpha value is -2.06. The van der Waals surface area contributed by atoms with Crippen molar-refractivity contribution in [1.29, 1.82) is 5.26 Å². The van der Waals surface area contributed by atoms with E-state index in [1.807, 2.05) is 6.07 Å². The van der Waals surface area contributed by atoms with Gasteiger partial charge in [-0.3, -0.25) is 4.79 Å². The monoisotopic (exact) mass is 308 g/mol. The van der Waals surface area contributed by atoms with Crippen molar-refractivity contribution in [3.8, 4) is 6.07 Å². The molecule has 1 amide bonds. The first-order chi connectivity index (χ1) is 9.78. The molecular weight excluding hydrogens is 292 g/mol. The summed E-state index contributed by atoms with van der Waals surface area (Å²) in [7, 11) is 0. The number of hydrogen-bond donors (Lipinski definition) is 1. The van der Waals surface area contributed by atoms with E-state index in [0.29, 0.717) is 5.02 Å². The van der Waals surface area contributed by atoms with Gasteiger partial charge in [-0.15, -0.1) is 0 Å². The number of carboxylic acid groups (broad SMARTS) is 1. The molecule has 0 aliphatic heterocycles. The Labute approximate surface area is 128 Å². The molecule has 0 saturated heterocycles. The summed E-state index contributed by atoms with van der Waals surface area (Å²) in [5.41, 5.74) is -0.618. The van der Waals surface area contributed by atoms with Gasteiger partial charge in [0, 0.05) is 11.6 Å². The van der Waals surface area contributed by atoms with Crippen molar-refractivity contribution in [2.75, 3.05) is 6.54 Å². The van der Waals surface area contributed by atoms with E-state index in [0.717, 1.165) is 5.56 Å². The van der Waals surface area contributed by atoms with E-state index in [2.05, 4.69) is 0 Å². The molecule has 21 heavy (non-hydrogen) atoms. The number of nitriles is 1. The van der Waals surface area contributed by atoms with E-state index >= 15 is 0 Å². The molecular formula is C15H17ClN2O3. The van der Waals surface area contributed by atoms with Gasteiger partial charge in [0.2, 0.25) is 5.91 Å². The maximum atomic E-state index is 12.4. The molecule has 0 aromatic heterocycles. The Morgan fingerprint density at radius 2 is 1.90 bits per heavy atom. The second kappa shape index (κ2) is 7.09. The summed E-state index contributed by atoms with van der Waals surface area (Å²) in [6.45, 7) is 2.99. The molecule has 5 nitrogen and oxygen atoms in total. The third kappa shape index (κ3) is 4.47. The normalized spacial score (nSPS) is 10.8. The summed E-state index contributed by atoms with van der Waals surface area (Å²) in [6.07, 6.45) is 0.155. The molecule has 0 unspecified atom stereocenters. The first-order valence-corrected chi connectivity index (χ1v) is 6.82. The summed E-state index contributed by atoms with van der Waals surface area (Å²) in [6, 6.07) is 8.71. The van der Waals surface area contributed by atoms with Crippen molar-refractivity contribution in [3.05, 3.63) is 34.9 Å². The fraction of sp³-hybridized carbons (Fsp3) is 0.400. The zero-order valence-corrected chi connectivity index (χ0v) is 12.7. The number of amides is 1. The van der Waals surface area contributed by atoms with E-state index in [1.54, 1.807) is 24.3 Å². The van der Waals surface area contributed by atoms with Gasteiger partial charge in [-0.05, 0) is 31.5 Å². The first kappa shape index (κ1) is 17.0. The number of rotatable bonds is 6. The van der Waals surface area contributed by atoms with Crippen LogP contribution in [-0.2, 0) is 16.0 Å². The van der Waals surface area contributed by atoms with Crippen LogP contribution in [0.1, 0.15) is 25.8 Å². The van der Waals surface area contributed by atoms with E-state index in [1.165, 1.54) is 18.7 Å². The number of benzene rings is 1. The van der Waals surface area contributed by atoms with Crippen molar-refractivity contribution in [1.82, 2.24) is 4.90 Å². The Morgan fingerprint density at radius 3 is 2.38 bits per heavy atom. The average molecular weight is 309 g/mol. The van der Waals surface area contributed by atoms with Crippen LogP contribution >= 0.6 is 11.6 Å². The highest BCUT2D eigenvalue weighted by Gasteiger charge is 2.37. The lowest BCUT2D eigenvalue weighted by atomic mass is 10.0. The third-order valence-corrected chi connectivity index (χ3v) is 3.47. The van der Waals surface area contributed by atoms with Crippen molar-refractivity contribution in [2.45, 2.75) is 32.2 Å². The van der Waals surface area contributed by atoms with Crippen LogP contribution in [0.15, 0.2) is 24.3 Å². The third-order valence-electron chi connectivity index (χ3n) is 3.22. The standard InChI is InChI=1S/C15H17ClN2O3/c1-15(2,14(20)21)18(9-3-8-17)13(19)10-11-4-6-12(16)7-5-11/h4-7H,3,9-10H2,1-2H3,(H,20,21). The highest BCUT2D eigenvalue weighted by molar-refractivity contribution is 6.30. The molecule has 0 atom stereocenters. The molecule has 1 aromatic carbocycles. The predicted octanol–water partition coefficient (Wildman–Crippen LogP) is 2.49. The predicted molar refractivity (Wildman–Crippen MR) is 78.8 cm³/mol. The molecule has 0 aliphatic carbocycles. The average Bonchev–Trinajstić information content (AvgIpc) is 2.41. The number of carboxylic acids is 1. The van der Waals surface area contributed by atoms with E-state index in [9.17, 15) is 14.7 Å². The maximum Gasteiger partial charge on any atom is 0.329 e. The molecule has 1 N–H and O–H groups in total. The lowest BCUT2D eigenvalue weighted by Crippen LogP contribution is -2.53. The number of aliphatic carboxylic acids is 1. The summed E-state index contributed by atoms with van der Waals surface area (Å²) >= 11 is 5.78. The molecule has 0 heterocycles. The Balaban J connectivity index is 2.92. The summed E-state index contributed by atoms with van der Waals surface area (Å²) in [4.78, 5) is 24.9. The van der Waals surface area contributed by atoms with Gasteiger partial charge in [0.15, 0.2) is 0 Å². The highest BCUT2D eigenvalue weighted by Crippen LogP contribution is 2.18. The van der Waals surface area contributed by atoms with Crippen molar-refractivity contribution < 1.29 is 14.7 Å². The highest BCUT2D eigenvalue weighted by atomic mass is 35.5. The molecule has 0 radical (unpaired) electrons. The van der Waals surface area contributed by atoms with Crippen LogP contribution in [0.4, 0.5) is 0 Å². The van der Waals surface area contributed by atoms with Crippen LogP contribution in [0, 0.1) is 11.3 Å². The van der Waals surface area contributed by atoms with Gasteiger partial charge in [0.25, 0.3) is 0 Å². The van der Waals surface area contributed by atoms with Crippen molar-refractivity contribution >= 4 is 23.5 Å². The summed E-state index contributed by atoms with van der Waals surface area (Å²) < 4.78 is 0. The maximum absolute atomic E-state index is 12.4. The molecule has 6 heteroatoms. The van der Waals surface area contributed by atoms with Crippen LogP contribution in [0.5, 0.6) is 0 Å². The number of carbonyl (C=O) groups excluding carboxylic acids is 1. The lowest BCUT2D eigenvalue weighted by Gasteiger charge is -2.34.